The van der Waals surface area contributed by atoms with Gasteiger partial charge in [0.2, 0.25) is 5.91 Å². The first-order chi connectivity index (χ1) is 10.9. The van der Waals surface area contributed by atoms with E-state index in [2.05, 4.69) is 15.6 Å². The second kappa shape index (κ2) is 7.01. The number of nitrogens with zero attached hydrogens (tertiary/aromatic N) is 1. The van der Waals surface area contributed by atoms with E-state index < -0.39 is 24.2 Å². The first-order valence-electron chi connectivity index (χ1n) is 6.73. The number of carbonyl (C=O) groups excluding carboxylic acids is 2. The summed E-state index contributed by atoms with van der Waals surface area (Å²) in [6.45, 7) is 3.75. The minimum atomic E-state index is -1.24. The Morgan fingerprint density at radius 3 is 2.48 bits per heavy atom. The molecule has 0 unspecified atom stereocenters. The van der Waals surface area contributed by atoms with E-state index in [1.807, 2.05) is 13.8 Å². The van der Waals surface area contributed by atoms with Crippen molar-refractivity contribution in [3.63, 3.8) is 0 Å². The summed E-state index contributed by atoms with van der Waals surface area (Å²) in [4.78, 5) is 39.7. The number of para-hydroxylation sites is 1. The van der Waals surface area contributed by atoms with Crippen molar-refractivity contribution in [3.8, 4) is 0 Å². The lowest BCUT2D eigenvalue weighted by Gasteiger charge is -2.09. The van der Waals surface area contributed by atoms with E-state index in [0.717, 1.165) is 10.6 Å². The fourth-order valence-corrected chi connectivity index (χ4v) is 2.62. The Morgan fingerprint density at radius 2 is 1.87 bits per heavy atom. The van der Waals surface area contributed by atoms with E-state index in [4.69, 9.17) is 5.11 Å². The van der Waals surface area contributed by atoms with Crippen molar-refractivity contribution in [1.82, 2.24) is 4.98 Å². The minimum absolute atomic E-state index is 0.233. The van der Waals surface area contributed by atoms with Crippen LogP contribution in [0.4, 0.5) is 10.8 Å². The van der Waals surface area contributed by atoms with E-state index in [1.165, 1.54) is 17.4 Å². The Bertz CT molecular complexity index is 750. The molecule has 2 amide bonds. The third-order valence-electron chi connectivity index (χ3n) is 3.01. The number of carbonyl (C=O) groups is 3. The number of hydrogen-bond acceptors (Lipinski definition) is 5. The van der Waals surface area contributed by atoms with Crippen LogP contribution in [0.3, 0.4) is 0 Å². The number of rotatable bonds is 5. The van der Waals surface area contributed by atoms with Crippen LogP contribution in [0.15, 0.2) is 24.3 Å². The number of amides is 2. The molecular formula is C15H15N3O4S. The third kappa shape index (κ3) is 4.36. The van der Waals surface area contributed by atoms with Crippen molar-refractivity contribution in [3.05, 3.63) is 40.4 Å². The highest BCUT2D eigenvalue weighted by atomic mass is 32.1. The molecule has 1 heterocycles. The smallest absolute Gasteiger partial charge is 0.312 e. The molecular weight excluding hydrogens is 318 g/mol. The predicted octanol–water partition coefficient (Wildman–Crippen LogP) is 2.43. The zero-order valence-corrected chi connectivity index (χ0v) is 13.4. The molecule has 0 saturated heterocycles. The van der Waals surface area contributed by atoms with Gasteiger partial charge in [0.15, 0.2) is 5.13 Å². The molecule has 23 heavy (non-hydrogen) atoms. The number of carboxylic acids is 1. The number of benzene rings is 1. The van der Waals surface area contributed by atoms with E-state index in [1.54, 1.807) is 18.2 Å². The number of anilines is 2. The maximum atomic E-state index is 12.3. The summed E-state index contributed by atoms with van der Waals surface area (Å²) in [7, 11) is 0. The molecule has 2 aromatic rings. The highest BCUT2D eigenvalue weighted by Gasteiger charge is 2.16. The van der Waals surface area contributed by atoms with Crippen LogP contribution in [0, 0.1) is 13.8 Å². The number of aryl methyl sites for hydroxylation is 2. The van der Waals surface area contributed by atoms with Crippen LogP contribution in [0.5, 0.6) is 0 Å². The highest BCUT2D eigenvalue weighted by Crippen LogP contribution is 2.23. The van der Waals surface area contributed by atoms with Crippen LogP contribution < -0.4 is 10.6 Å². The van der Waals surface area contributed by atoms with Gasteiger partial charge in [-0.2, -0.15) is 0 Å². The summed E-state index contributed by atoms with van der Waals surface area (Å²) in [5, 5.41) is 14.2. The van der Waals surface area contributed by atoms with Crippen LogP contribution >= 0.6 is 11.3 Å². The molecule has 0 saturated carbocycles. The molecule has 0 fully saturated rings. The molecule has 1 aromatic heterocycles. The minimum Gasteiger partial charge on any atom is -0.481 e. The number of aromatic nitrogens is 1. The normalized spacial score (nSPS) is 10.2. The molecule has 0 spiro atoms. The van der Waals surface area contributed by atoms with Crippen LogP contribution in [0.2, 0.25) is 0 Å². The molecule has 7 nitrogen and oxygen atoms in total. The van der Waals surface area contributed by atoms with Gasteiger partial charge in [0.05, 0.1) is 16.9 Å². The van der Waals surface area contributed by atoms with Gasteiger partial charge in [-0.25, -0.2) is 4.98 Å². The van der Waals surface area contributed by atoms with Gasteiger partial charge >= 0.3 is 5.97 Å². The third-order valence-corrected chi connectivity index (χ3v) is 3.99. The van der Waals surface area contributed by atoms with E-state index >= 15 is 0 Å². The molecule has 2 rings (SSSR count). The van der Waals surface area contributed by atoms with Gasteiger partial charge in [-0.05, 0) is 26.0 Å². The van der Waals surface area contributed by atoms with Crippen molar-refractivity contribution in [2.24, 2.45) is 0 Å². The summed E-state index contributed by atoms with van der Waals surface area (Å²) in [6, 6.07) is 6.37. The lowest BCUT2D eigenvalue weighted by molar-refractivity contribution is -0.139. The average molecular weight is 333 g/mol. The molecule has 120 valence electrons. The fourth-order valence-electron chi connectivity index (χ4n) is 1.81. The maximum Gasteiger partial charge on any atom is 0.312 e. The van der Waals surface area contributed by atoms with Gasteiger partial charge < -0.3 is 10.4 Å². The van der Waals surface area contributed by atoms with Gasteiger partial charge in [0.1, 0.15) is 6.42 Å². The summed E-state index contributed by atoms with van der Waals surface area (Å²) >= 11 is 1.36. The topological polar surface area (TPSA) is 108 Å². The number of hydrogen-bond donors (Lipinski definition) is 3. The number of nitrogens with one attached hydrogen (secondary N) is 2. The van der Waals surface area contributed by atoms with Crippen LogP contribution in [-0.4, -0.2) is 27.9 Å². The molecule has 0 radical (unpaired) electrons. The van der Waals surface area contributed by atoms with Crippen LogP contribution in [0.1, 0.15) is 27.3 Å². The van der Waals surface area contributed by atoms with Gasteiger partial charge in [-0.1, -0.05) is 12.1 Å². The quantitative estimate of drug-likeness (QED) is 0.728. The van der Waals surface area contributed by atoms with E-state index in [9.17, 15) is 14.4 Å². The Balaban J connectivity index is 2.17. The Morgan fingerprint density at radius 1 is 1.17 bits per heavy atom. The van der Waals surface area contributed by atoms with Crippen molar-refractivity contribution < 1.29 is 19.5 Å². The van der Waals surface area contributed by atoms with Crippen LogP contribution in [0.25, 0.3) is 0 Å². The van der Waals surface area contributed by atoms with Gasteiger partial charge in [-0.3, -0.25) is 19.7 Å². The van der Waals surface area contributed by atoms with Gasteiger partial charge in [0, 0.05) is 4.88 Å². The standard InChI is InChI=1S/C15H15N3O4S/c1-8-9(2)23-15(16-8)18-14(22)10-5-3-4-6-11(10)17-12(19)7-13(20)21/h3-6H,7H2,1-2H3,(H,17,19)(H,20,21)(H,16,18,22). The monoisotopic (exact) mass is 333 g/mol. The first-order valence-corrected chi connectivity index (χ1v) is 7.54. The van der Waals surface area contributed by atoms with E-state index in [-0.39, 0.29) is 11.3 Å². The zero-order valence-electron chi connectivity index (χ0n) is 12.5. The number of thiazole rings is 1. The molecule has 0 aliphatic carbocycles. The van der Waals surface area contributed by atoms with Crippen molar-refractivity contribution >= 4 is 39.9 Å². The number of carboxylic acid groups (broad SMARTS) is 1. The lowest BCUT2D eigenvalue weighted by Crippen LogP contribution is -2.20. The fraction of sp³-hybridized carbons (Fsp3) is 0.200. The summed E-state index contributed by atoms with van der Waals surface area (Å²) in [5.41, 5.74) is 1.33. The Kier molecular flexibility index (Phi) is 5.07. The highest BCUT2D eigenvalue weighted by molar-refractivity contribution is 7.15. The molecule has 3 N–H and O–H groups in total. The SMILES string of the molecule is Cc1nc(NC(=O)c2ccccc2NC(=O)CC(=O)O)sc1C. The first kappa shape index (κ1) is 16.6. The maximum absolute atomic E-state index is 12.3. The second-order valence-electron chi connectivity index (χ2n) is 4.78. The van der Waals surface area contributed by atoms with E-state index in [0.29, 0.717) is 5.13 Å². The molecule has 0 atom stereocenters. The molecule has 1 aromatic carbocycles. The number of aliphatic carboxylic acids is 1. The predicted molar refractivity (Wildman–Crippen MR) is 86.9 cm³/mol. The lowest BCUT2D eigenvalue weighted by atomic mass is 10.1. The van der Waals surface area contributed by atoms with Gasteiger partial charge in [-0.15, -0.1) is 11.3 Å². The Hall–Kier alpha value is -2.74. The molecule has 0 aliphatic rings. The molecule has 8 heteroatoms. The average Bonchev–Trinajstić information content (AvgIpc) is 2.76. The van der Waals surface area contributed by atoms with Crippen LogP contribution in [-0.2, 0) is 9.59 Å². The molecule has 0 bridgehead atoms. The molecule has 0 aliphatic heterocycles. The summed E-state index contributed by atoms with van der Waals surface area (Å²) < 4.78 is 0. The summed E-state index contributed by atoms with van der Waals surface area (Å²) in [5.74, 6) is -2.36. The van der Waals surface area contributed by atoms with Crippen molar-refractivity contribution in [2.75, 3.05) is 10.6 Å². The van der Waals surface area contributed by atoms with Crippen molar-refractivity contribution in [1.29, 1.82) is 0 Å². The zero-order chi connectivity index (χ0) is 17.0. The second-order valence-corrected chi connectivity index (χ2v) is 5.98. The Labute approximate surface area is 136 Å². The van der Waals surface area contributed by atoms with Gasteiger partial charge in [0.25, 0.3) is 5.91 Å². The summed E-state index contributed by atoms with van der Waals surface area (Å²) in [6.07, 6.45) is -0.666. The van der Waals surface area contributed by atoms with Crippen molar-refractivity contribution in [2.45, 2.75) is 20.3 Å². The largest absolute Gasteiger partial charge is 0.481 e.